The largest absolute Gasteiger partial charge is 0.497 e. The van der Waals surface area contributed by atoms with Crippen LogP contribution in [0.25, 0.3) is 5.52 Å². The van der Waals surface area contributed by atoms with Crippen molar-refractivity contribution in [3.05, 3.63) is 60.2 Å². The molecule has 0 saturated carbocycles. The van der Waals surface area contributed by atoms with E-state index in [-0.39, 0.29) is 0 Å². The van der Waals surface area contributed by atoms with Gasteiger partial charge < -0.3 is 14.9 Å². The van der Waals surface area contributed by atoms with E-state index in [0.29, 0.717) is 0 Å². The number of imidazole rings is 1. The van der Waals surface area contributed by atoms with Crippen LogP contribution < -0.4 is 10.5 Å². The number of anilines is 1. The van der Waals surface area contributed by atoms with Gasteiger partial charge in [-0.2, -0.15) is 0 Å². The number of pyridine rings is 1. The Kier molecular flexibility index (Phi) is 2.83. The van der Waals surface area contributed by atoms with Crippen LogP contribution >= 0.6 is 0 Å². The highest BCUT2D eigenvalue weighted by Gasteiger charge is 2.06. The summed E-state index contributed by atoms with van der Waals surface area (Å²) in [5.41, 5.74) is 8.78. The Balaban J connectivity index is 1.99. The number of nitrogens with zero attached hydrogens (tertiary/aromatic N) is 2. The molecule has 0 saturated heterocycles. The Hall–Kier alpha value is -2.49. The molecule has 0 atom stereocenters. The van der Waals surface area contributed by atoms with Gasteiger partial charge in [-0.15, -0.1) is 0 Å². The van der Waals surface area contributed by atoms with Crippen molar-refractivity contribution >= 4 is 11.2 Å². The van der Waals surface area contributed by atoms with Gasteiger partial charge in [0.1, 0.15) is 11.6 Å². The van der Waals surface area contributed by atoms with Crippen molar-refractivity contribution in [1.29, 1.82) is 0 Å². The van der Waals surface area contributed by atoms with Gasteiger partial charge in [-0.3, -0.25) is 0 Å². The summed E-state index contributed by atoms with van der Waals surface area (Å²) < 4.78 is 7.26. The van der Waals surface area contributed by atoms with Gasteiger partial charge in [-0.25, -0.2) is 4.98 Å². The Morgan fingerprint density at radius 1 is 1.26 bits per heavy atom. The Bertz CT molecular complexity index is 718. The lowest BCUT2D eigenvalue weighted by Gasteiger charge is -2.05. The van der Waals surface area contributed by atoms with Gasteiger partial charge >= 0.3 is 0 Å². The molecule has 0 radical (unpaired) electrons. The SMILES string of the molecule is COc1cccc(Cc2ncc3c(N)cccn23)c1. The minimum atomic E-state index is 0.742. The van der Waals surface area contributed by atoms with Crippen molar-refractivity contribution < 1.29 is 4.74 Å². The second kappa shape index (κ2) is 4.65. The molecule has 0 aliphatic rings. The number of hydrogen-bond donors (Lipinski definition) is 1. The predicted octanol–water partition coefficient (Wildman–Crippen LogP) is 2.52. The van der Waals surface area contributed by atoms with Crippen LogP contribution in [0.2, 0.25) is 0 Å². The van der Waals surface area contributed by atoms with E-state index in [1.54, 1.807) is 7.11 Å². The van der Waals surface area contributed by atoms with E-state index in [1.165, 1.54) is 0 Å². The molecule has 2 aromatic heterocycles. The maximum Gasteiger partial charge on any atom is 0.119 e. The molecule has 19 heavy (non-hydrogen) atoms. The molecule has 2 heterocycles. The van der Waals surface area contributed by atoms with Crippen molar-refractivity contribution in [3.8, 4) is 5.75 Å². The van der Waals surface area contributed by atoms with Crippen LogP contribution in [-0.4, -0.2) is 16.5 Å². The molecule has 0 fully saturated rings. The van der Waals surface area contributed by atoms with Crippen LogP contribution in [-0.2, 0) is 6.42 Å². The molecular weight excluding hydrogens is 238 g/mol. The first-order valence-electron chi connectivity index (χ1n) is 6.11. The van der Waals surface area contributed by atoms with Crippen LogP contribution in [0.1, 0.15) is 11.4 Å². The van der Waals surface area contributed by atoms with Crippen LogP contribution in [0.15, 0.2) is 48.8 Å². The fourth-order valence-corrected chi connectivity index (χ4v) is 2.19. The van der Waals surface area contributed by atoms with Crippen LogP contribution in [0.3, 0.4) is 0 Å². The molecular formula is C15H15N3O. The zero-order chi connectivity index (χ0) is 13.2. The predicted molar refractivity (Wildman–Crippen MR) is 75.4 cm³/mol. The van der Waals surface area contributed by atoms with Gasteiger partial charge in [0.05, 0.1) is 24.5 Å². The Morgan fingerprint density at radius 3 is 3.00 bits per heavy atom. The molecule has 0 aliphatic heterocycles. The molecule has 96 valence electrons. The first-order chi connectivity index (χ1) is 9.28. The van der Waals surface area contributed by atoms with Crippen LogP contribution in [0, 0.1) is 0 Å². The van der Waals surface area contributed by atoms with Gasteiger partial charge in [0.2, 0.25) is 0 Å². The lowest BCUT2D eigenvalue weighted by atomic mass is 10.1. The molecule has 0 amide bonds. The normalized spacial score (nSPS) is 10.8. The first-order valence-corrected chi connectivity index (χ1v) is 6.11. The van der Waals surface area contributed by atoms with E-state index >= 15 is 0 Å². The molecule has 0 unspecified atom stereocenters. The van der Waals surface area contributed by atoms with Crippen molar-refractivity contribution in [2.75, 3.05) is 12.8 Å². The van der Waals surface area contributed by atoms with E-state index in [4.69, 9.17) is 10.5 Å². The third-order valence-corrected chi connectivity index (χ3v) is 3.18. The highest BCUT2D eigenvalue weighted by Crippen LogP contribution is 2.19. The smallest absolute Gasteiger partial charge is 0.119 e. The number of ether oxygens (including phenoxy) is 1. The molecule has 0 spiro atoms. The van der Waals surface area contributed by atoms with E-state index in [0.717, 1.165) is 34.8 Å². The Labute approximate surface area is 111 Å². The molecule has 0 bridgehead atoms. The summed E-state index contributed by atoms with van der Waals surface area (Å²) in [6, 6.07) is 11.8. The minimum absolute atomic E-state index is 0.742. The van der Waals surface area contributed by atoms with Gasteiger partial charge in [0, 0.05) is 12.6 Å². The average Bonchev–Trinajstić information content (AvgIpc) is 2.84. The van der Waals surface area contributed by atoms with E-state index in [1.807, 2.05) is 47.1 Å². The summed E-state index contributed by atoms with van der Waals surface area (Å²) in [6.45, 7) is 0. The monoisotopic (exact) mass is 253 g/mol. The second-order valence-corrected chi connectivity index (χ2v) is 4.42. The summed E-state index contributed by atoms with van der Waals surface area (Å²) in [5.74, 6) is 1.83. The van der Waals surface area contributed by atoms with Gasteiger partial charge in [-0.1, -0.05) is 12.1 Å². The van der Waals surface area contributed by atoms with Gasteiger partial charge in [0.15, 0.2) is 0 Å². The maximum absolute atomic E-state index is 5.93. The summed E-state index contributed by atoms with van der Waals surface area (Å²) in [5, 5.41) is 0. The zero-order valence-electron chi connectivity index (χ0n) is 10.7. The molecule has 3 aromatic rings. The summed E-state index contributed by atoms with van der Waals surface area (Å²) >= 11 is 0. The fourth-order valence-electron chi connectivity index (χ4n) is 2.19. The minimum Gasteiger partial charge on any atom is -0.497 e. The maximum atomic E-state index is 5.93. The number of nitrogen functional groups attached to an aromatic ring is 1. The molecule has 4 nitrogen and oxygen atoms in total. The Morgan fingerprint density at radius 2 is 2.16 bits per heavy atom. The van der Waals surface area contributed by atoms with E-state index in [9.17, 15) is 0 Å². The standard InChI is InChI=1S/C15H15N3O/c1-19-12-5-2-4-11(8-12)9-15-17-10-14-13(16)6-3-7-18(14)15/h2-8,10H,9,16H2,1H3. The molecule has 3 rings (SSSR count). The lowest BCUT2D eigenvalue weighted by molar-refractivity contribution is 0.414. The number of benzene rings is 1. The first kappa shape index (κ1) is 11.6. The average molecular weight is 253 g/mol. The number of fused-ring (bicyclic) bond motifs is 1. The molecule has 1 aromatic carbocycles. The number of methoxy groups -OCH3 is 1. The number of rotatable bonds is 3. The number of nitrogens with two attached hydrogens (primary N) is 1. The quantitative estimate of drug-likeness (QED) is 0.780. The van der Waals surface area contributed by atoms with Crippen LogP contribution in [0.4, 0.5) is 5.69 Å². The summed E-state index contributed by atoms with van der Waals surface area (Å²) in [4.78, 5) is 4.45. The van der Waals surface area contributed by atoms with Crippen molar-refractivity contribution in [2.24, 2.45) is 0 Å². The fraction of sp³-hybridized carbons (Fsp3) is 0.133. The molecule has 4 heteroatoms. The zero-order valence-corrected chi connectivity index (χ0v) is 10.7. The van der Waals surface area contributed by atoms with E-state index < -0.39 is 0 Å². The van der Waals surface area contributed by atoms with E-state index in [2.05, 4.69) is 11.1 Å². The molecule has 0 aliphatic carbocycles. The van der Waals surface area contributed by atoms with Crippen molar-refractivity contribution in [2.45, 2.75) is 6.42 Å². The lowest BCUT2D eigenvalue weighted by Crippen LogP contribution is -1.98. The van der Waals surface area contributed by atoms with Gasteiger partial charge in [0.25, 0.3) is 0 Å². The highest BCUT2D eigenvalue weighted by molar-refractivity contribution is 5.68. The third kappa shape index (κ3) is 2.12. The molecule has 2 N–H and O–H groups in total. The van der Waals surface area contributed by atoms with Crippen molar-refractivity contribution in [1.82, 2.24) is 9.38 Å². The summed E-state index contributed by atoms with van der Waals surface area (Å²) in [6.07, 6.45) is 4.54. The summed E-state index contributed by atoms with van der Waals surface area (Å²) in [7, 11) is 1.67. The van der Waals surface area contributed by atoms with Gasteiger partial charge in [-0.05, 0) is 29.8 Å². The second-order valence-electron chi connectivity index (χ2n) is 4.42. The third-order valence-electron chi connectivity index (χ3n) is 3.18. The van der Waals surface area contributed by atoms with Crippen LogP contribution in [0.5, 0.6) is 5.75 Å². The topological polar surface area (TPSA) is 52.5 Å². The van der Waals surface area contributed by atoms with Crippen molar-refractivity contribution in [3.63, 3.8) is 0 Å². The number of hydrogen-bond acceptors (Lipinski definition) is 3. The number of aromatic nitrogens is 2. The highest BCUT2D eigenvalue weighted by atomic mass is 16.5.